The Morgan fingerprint density at radius 1 is 1.54 bits per heavy atom. The first-order valence-electron chi connectivity index (χ1n) is 8.67. The molecule has 1 atom stereocenters. The van der Waals surface area contributed by atoms with E-state index in [0.717, 1.165) is 41.7 Å². The standard InChI is InChI=1S/C18H25N3O2S/c1-14-4-2-7-21(11-14)8-3-6-19-17(22)10-16-13-24-18(20-16)15-5-9-23-12-15/h5,9,12-14H,2-4,6-8,10-11H2,1H3,(H,19,22). The van der Waals surface area contributed by atoms with E-state index in [1.165, 1.54) is 37.3 Å². The molecule has 1 aliphatic rings. The second-order valence-corrected chi connectivity index (χ2v) is 7.44. The van der Waals surface area contributed by atoms with Crippen LogP contribution in [0.1, 0.15) is 31.9 Å². The summed E-state index contributed by atoms with van der Waals surface area (Å²) in [4.78, 5) is 19.0. The number of hydrogen-bond donors (Lipinski definition) is 1. The summed E-state index contributed by atoms with van der Waals surface area (Å²) >= 11 is 1.54. The van der Waals surface area contributed by atoms with Crippen molar-refractivity contribution in [3.8, 4) is 10.6 Å². The molecular formula is C18H25N3O2S. The van der Waals surface area contributed by atoms with Crippen molar-refractivity contribution in [2.24, 2.45) is 5.92 Å². The first kappa shape index (κ1) is 17.2. The van der Waals surface area contributed by atoms with Crippen LogP contribution in [0.5, 0.6) is 0 Å². The molecule has 6 heteroatoms. The van der Waals surface area contributed by atoms with Gasteiger partial charge >= 0.3 is 0 Å². The molecule has 1 amide bonds. The normalized spacial score (nSPS) is 18.6. The second kappa shape index (κ2) is 8.44. The minimum absolute atomic E-state index is 0.0473. The number of carbonyl (C=O) groups is 1. The quantitative estimate of drug-likeness (QED) is 0.782. The predicted molar refractivity (Wildman–Crippen MR) is 96.0 cm³/mol. The highest BCUT2D eigenvalue weighted by Crippen LogP contribution is 2.24. The van der Waals surface area contributed by atoms with Gasteiger partial charge in [0.1, 0.15) is 11.3 Å². The van der Waals surface area contributed by atoms with Gasteiger partial charge in [0.25, 0.3) is 0 Å². The van der Waals surface area contributed by atoms with Crippen molar-refractivity contribution in [2.75, 3.05) is 26.2 Å². The van der Waals surface area contributed by atoms with Crippen LogP contribution in [0.2, 0.25) is 0 Å². The zero-order valence-corrected chi connectivity index (χ0v) is 15.0. The Bertz CT molecular complexity index is 638. The Balaban J connectivity index is 1.35. The molecule has 3 heterocycles. The first-order valence-corrected chi connectivity index (χ1v) is 9.54. The van der Waals surface area contributed by atoms with Gasteiger partial charge in [0, 0.05) is 24.0 Å². The van der Waals surface area contributed by atoms with Crippen LogP contribution in [-0.4, -0.2) is 42.0 Å². The average molecular weight is 347 g/mol. The summed E-state index contributed by atoms with van der Waals surface area (Å²) in [6, 6.07) is 1.88. The third-order valence-electron chi connectivity index (χ3n) is 4.38. The molecule has 0 spiro atoms. The molecule has 0 saturated carbocycles. The summed E-state index contributed by atoms with van der Waals surface area (Å²) in [5.41, 5.74) is 1.78. The van der Waals surface area contributed by atoms with Crippen LogP contribution >= 0.6 is 11.3 Å². The Morgan fingerprint density at radius 2 is 2.46 bits per heavy atom. The molecule has 24 heavy (non-hydrogen) atoms. The predicted octanol–water partition coefficient (Wildman–Crippen LogP) is 3.18. The fourth-order valence-electron chi connectivity index (χ4n) is 3.15. The number of aromatic nitrogens is 1. The molecule has 2 aromatic rings. The summed E-state index contributed by atoms with van der Waals surface area (Å²) < 4.78 is 5.06. The molecule has 1 aliphatic heterocycles. The number of likely N-dealkylation sites (tertiary alicyclic amines) is 1. The number of thiazole rings is 1. The molecule has 1 N–H and O–H groups in total. The third kappa shape index (κ3) is 4.92. The van der Waals surface area contributed by atoms with Gasteiger partial charge in [-0.05, 0) is 44.3 Å². The van der Waals surface area contributed by atoms with Crippen LogP contribution in [0.4, 0.5) is 0 Å². The van der Waals surface area contributed by atoms with E-state index in [2.05, 4.69) is 22.1 Å². The summed E-state index contributed by atoms with van der Waals surface area (Å²) in [6.07, 6.45) is 7.30. The smallest absolute Gasteiger partial charge is 0.226 e. The highest BCUT2D eigenvalue weighted by atomic mass is 32.1. The van der Waals surface area contributed by atoms with Gasteiger partial charge in [0.2, 0.25) is 5.91 Å². The monoisotopic (exact) mass is 347 g/mol. The average Bonchev–Trinajstić information content (AvgIpc) is 3.23. The minimum atomic E-state index is 0.0473. The summed E-state index contributed by atoms with van der Waals surface area (Å²) in [5.74, 6) is 0.855. The Labute approximate surface area is 147 Å². The van der Waals surface area contributed by atoms with E-state index in [-0.39, 0.29) is 5.91 Å². The summed E-state index contributed by atoms with van der Waals surface area (Å²) in [5, 5.41) is 5.84. The number of nitrogens with one attached hydrogen (secondary N) is 1. The van der Waals surface area contributed by atoms with E-state index in [1.54, 1.807) is 12.5 Å². The van der Waals surface area contributed by atoms with Crippen LogP contribution in [0.15, 0.2) is 28.4 Å². The molecule has 0 radical (unpaired) electrons. The van der Waals surface area contributed by atoms with Crippen molar-refractivity contribution in [1.29, 1.82) is 0 Å². The van der Waals surface area contributed by atoms with Crippen LogP contribution in [0.3, 0.4) is 0 Å². The number of rotatable bonds is 7. The third-order valence-corrected chi connectivity index (χ3v) is 5.32. The SMILES string of the molecule is CC1CCCN(CCCNC(=O)Cc2csc(-c3ccoc3)n2)C1. The lowest BCUT2D eigenvalue weighted by atomic mass is 10.0. The van der Waals surface area contributed by atoms with Crippen molar-refractivity contribution >= 4 is 17.2 Å². The van der Waals surface area contributed by atoms with Crippen molar-refractivity contribution in [3.63, 3.8) is 0 Å². The number of piperidine rings is 1. The summed E-state index contributed by atoms with van der Waals surface area (Å²) in [6.45, 7) is 6.53. The second-order valence-electron chi connectivity index (χ2n) is 6.58. The van der Waals surface area contributed by atoms with Gasteiger partial charge in [-0.2, -0.15) is 0 Å². The highest BCUT2D eigenvalue weighted by Gasteiger charge is 2.15. The maximum Gasteiger partial charge on any atom is 0.226 e. The van der Waals surface area contributed by atoms with Crippen molar-refractivity contribution < 1.29 is 9.21 Å². The van der Waals surface area contributed by atoms with Crippen molar-refractivity contribution in [3.05, 3.63) is 29.7 Å². The molecular weight excluding hydrogens is 322 g/mol. The van der Waals surface area contributed by atoms with E-state index in [1.807, 2.05) is 11.4 Å². The molecule has 0 aliphatic carbocycles. The van der Waals surface area contributed by atoms with Crippen LogP contribution in [0, 0.1) is 5.92 Å². The van der Waals surface area contributed by atoms with Crippen molar-refractivity contribution in [1.82, 2.24) is 15.2 Å². The minimum Gasteiger partial charge on any atom is -0.472 e. The Hall–Kier alpha value is -1.66. The Morgan fingerprint density at radius 3 is 3.25 bits per heavy atom. The van der Waals surface area contributed by atoms with Crippen LogP contribution < -0.4 is 5.32 Å². The van der Waals surface area contributed by atoms with Crippen LogP contribution in [0.25, 0.3) is 10.6 Å². The van der Waals surface area contributed by atoms with Gasteiger partial charge < -0.3 is 14.6 Å². The van der Waals surface area contributed by atoms with Gasteiger partial charge in [-0.25, -0.2) is 4.98 Å². The van der Waals surface area contributed by atoms with E-state index >= 15 is 0 Å². The van der Waals surface area contributed by atoms with E-state index < -0.39 is 0 Å². The Kier molecular flexibility index (Phi) is 6.04. The fourth-order valence-corrected chi connectivity index (χ4v) is 3.96. The molecule has 130 valence electrons. The van der Waals surface area contributed by atoms with E-state index in [0.29, 0.717) is 6.42 Å². The van der Waals surface area contributed by atoms with Gasteiger partial charge in [0.05, 0.1) is 18.4 Å². The number of hydrogen-bond acceptors (Lipinski definition) is 5. The largest absolute Gasteiger partial charge is 0.472 e. The highest BCUT2D eigenvalue weighted by molar-refractivity contribution is 7.13. The zero-order chi connectivity index (χ0) is 16.8. The molecule has 5 nitrogen and oxygen atoms in total. The molecule has 3 rings (SSSR count). The topological polar surface area (TPSA) is 58.4 Å². The zero-order valence-electron chi connectivity index (χ0n) is 14.2. The molecule has 0 bridgehead atoms. The molecule has 0 aromatic carbocycles. The molecule has 1 saturated heterocycles. The van der Waals surface area contributed by atoms with E-state index in [4.69, 9.17) is 4.42 Å². The molecule has 1 fully saturated rings. The number of carbonyl (C=O) groups excluding carboxylic acids is 1. The first-order chi connectivity index (χ1) is 11.7. The van der Waals surface area contributed by atoms with Gasteiger partial charge in [0.15, 0.2) is 0 Å². The fraction of sp³-hybridized carbons (Fsp3) is 0.556. The lowest BCUT2D eigenvalue weighted by Gasteiger charge is -2.30. The molecule has 1 unspecified atom stereocenters. The van der Waals surface area contributed by atoms with Crippen LogP contribution in [-0.2, 0) is 11.2 Å². The lowest BCUT2D eigenvalue weighted by molar-refractivity contribution is -0.120. The van der Waals surface area contributed by atoms with E-state index in [9.17, 15) is 4.79 Å². The number of furan rings is 1. The van der Waals surface area contributed by atoms with Gasteiger partial charge in [-0.3, -0.25) is 4.79 Å². The van der Waals surface area contributed by atoms with Gasteiger partial charge in [-0.1, -0.05) is 6.92 Å². The maximum atomic E-state index is 12.0. The number of amides is 1. The summed E-state index contributed by atoms with van der Waals surface area (Å²) in [7, 11) is 0. The number of nitrogens with zero attached hydrogens (tertiary/aromatic N) is 2. The maximum absolute atomic E-state index is 12.0. The van der Waals surface area contributed by atoms with Crippen molar-refractivity contribution in [2.45, 2.75) is 32.6 Å². The van der Waals surface area contributed by atoms with Gasteiger partial charge in [-0.15, -0.1) is 11.3 Å². The molecule has 2 aromatic heterocycles. The lowest BCUT2D eigenvalue weighted by Crippen LogP contribution is -2.36.